The Labute approximate surface area is 124 Å². The van der Waals surface area contributed by atoms with Crippen LogP contribution in [0.15, 0.2) is 24.3 Å². The monoisotopic (exact) mass is 287 g/mol. The lowest BCUT2D eigenvalue weighted by Gasteiger charge is -2.33. The second-order valence-corrected chi connectivity index (χ2v) is 5.89. The molecule has 21 heavy (non-hydrogen) atoms. The third kappa shape index (κ3) is 2.93. The molecule has 1 fully saturated rings. The maximum atomic E-state index is 12.6. The molecule has 3 N–H and O–H groups in total. The molecule has 3 atom stereocenters. The molecule has 3 unspecified atom stereocenters. The lowest BCUT2D eigenvalue weighted by molar-refractivity contribution is -0.127. The van der Waals surface area contributed by atoms with Gasteiger partial charge in [-0.2, -0.15) is 0 Å². The first-order chi connectivity index (χ1) is 10.1. The minimum absolute atomic E-state index is 0.0437. The van der Waals surface area contributed by atoms with Crippen LogP contribution in [-0.4, -0.2) is 30.4 Å². The molecule has 2 amide bonds. The summed E-state index contributed by atoms with van der Waals surface area (Å²) in [6.45, 7) is 3.09. The number of hydrogen-bond acceptors (Lipinski definition) is 3. The number of benzene rings is 1. The summed E-state index contributed by atoms with van der Waals surface area (Å²) in [6, 6.07) is 7.95. The molecule has 2 aliphatic rings. The summed E-state index contributed by atoms with van der Waals surface area (Å²) >= 11 is 0. The highest BCUT2D eigenvalue weighted by Crippen LogP contribution is 2.32. The number of rotatable bonds is 2. The normalized spacial score (nSPS) is 28.4. The van der Waals surface area contributed by atoms with Gasteiger partial charge < -0.3 is 16.0 Å². The van der Waals surface area contributed by atoms with Crippen LogP contribution in [0.1, 0.15) is 37.7 Å². The summed E-state index contributed by atoms with van der Waals surface area (Å²) < 4.78 is 0. The minimum Gasteiger partial charge on any atom is -0.351 e. The largest absolute Gasteiger partial charge is 0.351 e. The van der Waals surface area contributed by atoms with Gasteiger partial charge >= 0.3 is 0 Å². The molecule has 1 aromatic rings. The molecule has 5 nitrogen and oxygen atoms in total. The molecular weight excluding hydrogens is 266 g/mol. The van der Waals surface area contributed by atoms with Crippen LogP contribution in [0.5, 0.6) is 0 Å². The number of fused-ring (bicyclic) bond motifs is 1. The summed E-state index contributed by atoms with van der Waals surface area (Å²) in [4.78, 5) is 24.4. The topological polar surface area (TPSA) is 70.2 Å². The summed E-state index contributed by atoms with van der Waals surface area (Å²) in [7, 11) is 0. The first-order valence-electron chi connectivity index (χ1n) is 7.57. The summed E-state index contributed by atoms with van der Waals surface area (Å²) in [5, 5.41) is 9.32. The van der Waals surface area contributed by atoms with Crippen molar-refractivity contribution in [2.24, 2.45) is 0 Å². The van der Waals surface area contributed by atoms with E-state index in [9.17, 15) is 9.59 Å². The second kappa shape index (κ2) is 5.85. The van der Waals surface area contributed by atoms with Crippen molar-refractivity contribution in [3.8, 4) is 0 Å². The fourth-order valence-corrected chi connectivity index (χ4v) is 3.17. The molecule has 0 aromatic heterocycles. The van der Waals surface area contributed by atoms with Gasteiger partial charge in [-0.25, -0.2) is 0 Å². The van der Waals surface area contributed by atoms with Gasteiger partial charge in [-0.15, -0.1) is 0 Å². The van der Waals surface area contributed by atoms with Crippen LogP contribution < -0.4 is 16.0 Å². The summed E-state index contributed by atoms with van der Waals surface area (Å²) in [6.07, 6.45) is 2.27. The van der Waals surface area contributed by atoms with Crippen molar-refractivity contribution >= 4 is 17.5 Å². The van der Waals surface area contributed by atoms with Crippen molar-refractivity contribution in [2.45, 2.75) is 44.2 Å². The standard InChI is InChI=1S/C16H21N3O2/c1-10-13(7-4-8-17-10)19-16(21)12-9-15(20)18-14-6-3-2-5-11(12)14/h2-3,5-6,10,12-13,17H,4,7-9H2,1H3,(H,18,20)(H,19,21). The third-order valence-electron chi connectivity index (χ3n) is 4.41. The molecule has 1 aromatic carbocycles. The predicted octanol–water partition coefficient (Wildman–Crippen LogP) is 1.37. The highest BCUT2D eigenvalue weighted by molar-refractivity contribution is 6.01. The zero-order valence-corrected chi connectivity index (χ0v) is 12.2. The number of carbonyl (C=O) groups is 2. The molecule has 0 aliphatic carbocycles. The van der Waals surface area contributed by atoms with E-state index in [-0.39, 0.29) is 36.2 Å². The Morgan fingerprint density at radius 2 is 2.14 bits per heavy atom. The zero-order chi connectivity index (χ0) is 14.8. The van der Waals surface area contributed by atoms with Crippen molar-refractivity contribution in [1.82, 2.24) is 10.6 Å². The van der Waals surface area contributed by atoms with Crippen LogP contribution in [0.4, 0.5) is 5.69 Å². The Kier molecular flexibility index (Phi) is 3.92. The molecule has 0 bridgehead atoms. The number of nitrogens with one attached hydrogen (secondary N) is 3. The fourth-order valence-electron chi connectivity index (χ4n) is 3.17. The number of anilines is 1. The van der Waals surface area contributed by atoms with Crippen LogP contribution in [0.25, 0.3) is 0 Å². The highest BCUT2D eigenvalue weighted by atomic mass is 16.2. The van der Waals surface area contributed by atoms with Crippen molar-refractivity contribution < 1.29 is 9.59 Å². The van der Waals surface area contributed by atoms with Crippen molar-refractivity contribution in [3.63, 3.8) is 0 Å². The number of hydrogen-bond donors (Lipinski definition) is 3. The number of para-hydroxylation sites is 1. The first kappa shape index (κ1) is 14.1. The van der Waals surface area contributed by atoms with Crippen LogP contribution >= 0.6 is 0 Å². The summed E-state index contributed by atoms with van der Waals surface area (Å²) in [5.74, 6) is -0.523. The third-order valence-corrected chi connectivity index (χ3v) is 4.41. The molecule has 0 spiro atoms. The van der Waals surface area contributed by atoms with Crippen molar-refractivity contribution in [1.29, 1.82) is 0 Å². The molecular formula is C16H21N3O2. The number of carbonyl (C=O) groups excluding carboxylic acids is 2. The van der Waals surface area contributed by atoms with E-state index in [1.165, 1.54) is 0 Å². The van der Waals surface area contributed by atoms with Gasteiger partial charge in [-0.05, 0) is 37.9 Å². The molecule has 2 aliphatic heterocycles. The maximum absolute atomic E-state index is 12.6. The predicted molar refractivity (Wildman–Crippen MR) is 81.1 cm³/mol. The Morgan fingerprint density at radius 1 is 1.33 bits per heavy atom. The summed E-state index contributed by atoms with van der Waals surface area (Å²) in [5.41, 5.74) is 1.66. The molecule has 0 radical (unpaired) electrons. The average molecular weight is 287 g/mol. The fraction of sp³-hybridized carbons (Fsp3) is 0.500. The van der Waals surface area contributed by atoms with Gasteiger partial charge in [0.25, 0.3) is 0 Å². The van der Waals surface area contributed by atoms with E-state index in [0.29, 0.717) is 0 Å². The molecule has 3 rings (SSSR count). The Bertz CT molecular complexity index is 558. The Balaban J connectivity index is 1.77. The van der Waals surface area contributed by atoms with Crippen molar-refractivity contribution in [3.05, 3.63) is 29.8 Å². The van der Waals surface area contributed by atoms with Gasteiger partial charge in [0.05, 0.1) is 5.92 Å². The molecule has 0 saturated carbocycles. The number of piperidine rings is 1. The Hall–Kier alpha value is -1.88. The molecule has 1 saturated heterocycles. The quantitative estimate of drug-likeness (QED) is 0.769. The van der Waals surface area contributed by atoms with E-state index < -0.39 is 0 Å². The molecule has 2 heterocycles. The van der Waals surface area contributed by atoms with Gasteiger partial charge in [-0.3, -0.25) is 9.59 Å². The average Bonchev–Trinajstić information content (AvgIpc) is 2.48. The van der Waals surface area contributed by atoms with Gasteiger partial charge in [0, 0.05) is 24.2 Å². The van der Waals surface area contributed by atoms with Crippen LogP contribution in [0.3, 0.4) is 0 Å². The first-order valence-corrected chi connectivity index (χ1v) is 7.57. The van der Waals surface area contributed by atoms with E-state index >= 15 is 0 Å². The van der Waals surface area contributed by atoms with Gasteiger partial charge in [0.2, 0.25) is 11.8 Å². The van der Waals surface area contributed by atoms with E-state index in [2.05, 4.69) is 22.9 Å². The number of amides is 2. The zero-order valence-electron chi connectivity index (χ0n) is 12.2. The highest BCUT2D eigenvalue weighted by Gasteiger charge is 2.32. The SMILES string of the molecule is CC1NCCCC1NC(=O)C1CC(=O)Nc2ccccc21. The van der Waals surface area contributed by atoms with Crippen LogP contribution in [0, 0.1) is 0 Å². The van der Waals surface area contributed by atoms with Gasteiger partial charge in [-0.1, -0.05) is 18.2 Å². The maximum Gasteiger partial charge on any atom is 0.228 e. The van der Waals surface area contributed by atoms with E-state index in [1.54, 1.807) is 0 Å². The van der Waals surface area contributed by atoms with E-state index in [0.717, 1.165) is 30.6 Å². The minimum atomic E-state index is -0.385. The smallest absolute Gasteiger partial charge is 0.228 e. The van der Waals surface area contributed by atoms with Gasteiger partial charge in [0.1, 0.15) is 0 Å². The van der Waals surface area contributed by atoms with Crippen molar-refractivity contribution in [2.75, 3.05) is 11.9 Å². The van der Waals surface area contributed by atoms with E-state index in [4.69, 9.17) is 0 Å². The van der Waals surface area contributed by atoms with Gasteiger partial charge in [0.15, 0.2) is 0 Å². The molecule has 112 valence electrons. The van der Waals surface area contributed by atoms with Crippen LogP contribution in [0.2, 0.25) is 0 Å². The second-order valence-electron chi connectivity index (χ2n) is 5.89. The Morgan fingerprint density at radius 3 is 2.95 bits per heavy atom. The lowest BCUT2D eigenvalue weighted by atomic mass is 9.89. The van der Waals surface area contributed by atoms with Crippen LogP contribution in [-0.2, 0) is 9.59 Å². The molecule has 5 heteroatoms. The van der Waals surface area contributed by atoms with E-state index in [1.807, 2.05) is 24.3 Å². The lowest BCUT2D eigenvalue weighted by Crippen LogP contribution is -2.53.